The molecule has 0 fully saturated rings. The Morgan fingerprint density at radius 2 is 1.87 bits per heavy atom. The number of allylic oxidation sites excluding steroid dienone is 1. The van der Waals surface area contributed by atoms with E-state index in [0.717, 1.165) is 40.4 Å². The fourth-order valence-corrected chi connectivity index (χ4v) is 4.18. The number of fused-ring (bicyclic) bond motifs is 3. The molecule has 0 bridgehead atoms. The van der Waals surface area contributed by atoms with Crippen molar-refractivity contribution in [1.82, 2.24) is 4.90 Å². The normalized spacial score (nSPS) is 16.6. The van der Waals surface area contributed by atoms with Crippen LogP contribution in [0.5, 0.6) is 11.5 Å². The highest BCUT2D eigenvalue weighted by molar-refractivity contribution is 6.30. The molecule has 0 amide bonds. The van der Waals surface area contributed by atoms with Crippen LogP contribution in [0.25, 0.3) is 6.08 Å². The topological polar surface area (TPSA) is 38.8 Å². The zero-order chi connectivity index (χ0) is 21.4. The molecule has 5 heteroatoms. The Kier molecular flexibility index (Phi) is 5.26. The predicted molar refractivity (Wildman–Crippen MR) is 122 cm³/mol. The van der Waals surface area contributed by atoms with Crippen molar-refractivity contribution in [3.8, 4) is 11.5 Å². The lowest BCUT2D eigenvalue weighted by molar-refractivity contribution is 0.0949. The number of hydrogen-bond donors (Lipinski definition) is 0. The number of hydrogen-bond acceptors (Lipinski definition) is 4. The first kappa shape index (κ1) is 19.9. The fourth-order valence-electron chi connectivity index (χ4n) is 4.06. The second kappa shape index (κ2) is 8.22. The summed E-state index contributed by atoms with van der Waals surface area (Å²) in [6.45, 7) is 3.96. The lowest BCUT2D eigenvalue weighted by Gasteiger charge is -2.30. The number of ketones is 1. The van der Waals surface area contributed by atoms with Gasteiger partial charge in [0.15, 0.2) is 5.76 Å². The zero-order valence-electron chi connectivity index (χ0n) is 17.2. The van der Waals surface area contributed by atoms with Crippen LogP contribution >= 0.6 is 11.6 Å². The number of ether oxygens (including phenoxy) is 2. The van der Waals surface area contributed by atoms with Crippen molar-refractivity contribution in [2.24, 2.45) is 0 Å². The maximum absolute atomic E-state index is 13.1. The van der Waals surface area contributed by atoms with E-state index in [1.54, 1.807) is 6.08 Å². The number of Topliss-reactive ketones (excluding diaryl/α,β-unsaturated/α-hetero) is 1. The summed E-state index contributed by atoms with van der Waals surface area (Å²) in [5.74, 6) is 1.72. The van der Waals surface area contributed by atoms with Gasteiger partial charge in [0, 0.05) is 18.1 Å². The van der Waals surface area contributed by atoms with Gasteiger partial charge in [0.05, 0.1) is 11.1 Å². The van der Waals surface area contributed by atoms with Gasteiger partial charge in [-0.05, 0) is 54.3 Å². The second-order valence-electron chi connectivity index (χ2n) is 7.93. The Bertz CT molecular complexity index is 1170. The van der Waals surface area contributed by atoms with Crippen LogP contribution in [-0.2, 0) is 13.0 Å². The molecule has 0 saturated carbocycles. The van der Waals surface area contributed by atoms with Gasteiger partial charge >= 0.3 is 0 Å². The van der Waals surface area contributed by atoms with Crippen LogP contribution in [-0.4, -0.2) is 24.0 Å². The molecule has 156 valence electrons. The molecule has 0 aliphatic carbocycles. The molecule has 2 heterocycles. The average molecular weight is 432 g/mol. The number of rotatable bonds is 4. The first-order valence-electron chi connectivity index (χ1n) is 10.3. The molecule has 0 atom stereocenters. The molecule has 3 aromatic rings. The third kappa shape index (κ3) is 3.97. The van der Waals surface area contributed by atoms with E-state index in [0.29, 0.717) is 30.3 Å². The van der Waals surface area contributed by atoms with Gasteiger partial charge in [-0.2, -0.15) is 0 Å². The van der Waals surface area contributed by atoms with E-state index in [1.807, 2.05) is 67.6 Å². The molecule has 0 unspecified atom stereocenters. The quantitative estimate of drug-likeness (QED) is 0.500. The van der Waals surface area contributed by atoms with Crippen LogP contribution in [0.15, 0.2) is 66.4 Å². The highest BCUT2D eigenvalue weighted by atomic mass is 35.5. The van der Waals surface area contributed by atoms with Crippen molar-refractivity contribution in [2.45, 2.75) is 19.9 Å². The molecule has 0 spiro atoms. The number of benzene rings is 3. The van der Waals surface area contributed by atoms with Crippen LogP contribution in [0.2, 0.25) is 5.02 Å². The number of nitrogens with zero attached hydrogens (tertiary/aromatic N) is 1. The Balaban J connectivity index is 1.39. The zero-order valence-corrected chi connectivity index (χ0v) is 18.0. The predicted octanol–water partition coefficient (Wildman–Crippen LogP) is 5.66. The monoisotopic (exact) mass is 431 g/mol. The molecular weight excluding hydrogens is 410 g/mol. The van der Waals surface area contributed by atoms with Crippen molar-refractivity contribution < 1.29 is 14.3 Å². The standard InChI is InChI=1S/C26H22ClNO3/c1-17-13-22-21(15-28(16-30-22)12-11-18-7-9-20(27)10-8-18)26-24(17)25(29)23(31-26)14-19-5-3-2-4-6-19/h2-10,13-14H,11-12,15-16H2,1H3/b23-14+. The van der Waals surface area contributed by atoms with E-state index in [-0.39, 0.29) is 5.78 Å². The Hall–Kier alpha value is -3.08. The minimum Gasteiger partial charge on any atom is -0.478 e. The largest absolute Gasteiger partial charge is 0.478 e. The fraction of sp³-hybridized carbons (Fsp3) is 0.192. The van der Waals surface area contributed by atoms with Crippen molar-refractivity contribution in [2.75, 3.05) is 13.3 Å². The summed E-state index contributed by atoms with van der Waals surface area (Å²) in [5, 5.41) is 0.742. The molecule has 2 aliphatic rings. The summed E-state index contributed by atoms with van der Waals surface area (Å²) >= 11 is 5.98. The van der Waals surface area contributed by atoms with Gasteiger partial charge in [-0.1, -0.05) is 54.1 Å². The summed E-state index contributed by atoms with van der Waals surface area (Å²) in [6, 6.07) is 19.6. The second-order valence-corrected chi connectivity index (χ2v) is 8.36. The minimum absolute atomic E-state index is 0.0718. The molecule has 31 heavy (non-hydrogen) atoms. The Morgan fingerprint density at radius 3 is 2.65 bits per heavy atom. The van der Waals surface area contributed by atoms with Crippen LogP contribution in [0, 0.1) is 6.92 Å². The van der Waals surface area contributed by atoms with Gasteiger partial charge in [-0.15, -0.1) is 0 Å². The first-order chi connectivity index (χ1) is 15.1. The summed E-state index contributed by atoms with van der Waals surface area (Å²) in [5.41, 5.74) is 4.62. The van der Waals surface area contributed by atoms with E-state index in [1.165, 1.54) is 5.56 Å². The molecule has 0 aromatic heterocycles. The van der Waals surface area contributed by atoms with Gasteiger partial charge in [-0.25, -0.2) is 0 Å². The summed E-state index contributed by atoms with van der Waals surface area (Å²) in [4.78, 5) is 15.3. The molecule has 5 rings (SSSR count). The number of halogens is 1. The van der Waals surface area contributed by atoms with E-state index >= 15 is 0 Å². The van der Waals surface area contributed by atoms with Crippen LogP contribution in [0.1, 0.15) is 32.6 Å². The van der Waals surface area contributed by atoms with Gasteiger partial charge in [0.2, 0.25) is 5.78 Å². The maximum atomic E-state index is 13.1. The van der Waals surface area contributed by atoms with E-state index < -0.39 is 0 Å². The van der Waals surface area contributed by atoms with Crippen LogP contribution in [0.4, 0.5) is 0 Å². The van der Waals surface area contributed by atoms with Crippen LogP contribution < -0.4 is 9.47 Å². The van der Waals surface area contributed by atoms with Gasteiger partial charge in [0.25, 0.3) is 0 Å². The maximum Gasteiger partial charge on any atom is 0.232 e. The third-order valence-corrected chi connectivity index (χ3v) is 5.97. The molecule has 0 N–H and O–H groups in total. The lowest BCUT2D eigenvalue weighted by atomic mass is 9.98. The summed E-state index contributed by atoms with van der Waals surface area (Å²) in [6.07, 6.45) is 2.69. The van der Waals surface area contributed by atoms with Gasteiger partial charge in [-0.3, -0.25) is 9.69 Å². The number of carbonyl (C=O) groups excluding carboxylic acids is 1. The smallest absolute Gasteiger partial charge is 0.232 e. The van der Waals surface area contributed by atoms with Crippen molar-refractivity contribution >= 4 is 23.5 Å². The van der Waals surface area contributed by atoms with Crippen molar-refractivity contribution in [1.29, 1.82) is 0 Å². The van der Waals surface area contributed by atoms with Crippen molar-refractivity contribution in [3.63, 3.8) is 0 Å². The molecule has 0 saturated heterocycles. The highest BCUT2D eigenvalue weighted by Crippen LogP contribution is 2.44. The lowest BCUT2D eigenvalue weighted by Crippen LogP contribution is -2.33. The first-order valence-corrected chi connectivity index (χ1v) is 10.7. The summed E-state index contributed by atoms with van der Waals surface area (Å²) in [7, 11) is 0. The molecule has 3 aromatic carbocycles. The highest BCUT2D eigenvalue weighted by Gasteiger charge is 2.35. The SMILES string of the molecule is Cc1cc2c(c3c1C(=O)/C(=C\c1ccccc1)O3)CN(CCc1ccc(Cl)cc1)CO2. The Labute approximate surface area is 186 Å². The molecule has 0 radical (unpaired) electrons. The molecular formula is C26H22ClNO3. The third-order valence-electron chi connectivity index (χ3n) is 5.72. The van der Waals surface area contributed by atoms with Crippen molar-refractivity contribution in [3.05, 3.63) is 99.3 Å². The van der Waals surface area contributed by atoms with E-state index in [2.05, 4.69) is 4.90 Å². The van der Waals surface area contributed by atoms with Gasteiger partial charge < -0.3 is 9.47 Å². The van der Waals surface area contributed by atoms with E-state index in [4.69, 9.17) is 21.1 Å². The average Bonchev–Trinajstić information content (AvgIpc) is 3.11. The summed E-state index contributed by atoms with van der Waals surface area (Å²) < 4.78 is 12.1. The van der Waals surface area contributed by atoms with Crippen LogP contribution in [0.3, 0.4) is 0 Å². The number of aryl methyl sites for hydroxylation is 1. The van der Waals surface area contributed by atoms with Gasteiger partial charge in [0.1, 0.15) is 18.2 Å². The molecule has 2 aliphatic heterocycles. The number of carbonyl (C=O) groups is 1. The van der Waals surface area contributed by atoms with E-state index in [9.17, 15) is 4.79 Å². The minimum atomic E-state index is -0.0718. The molecule has 4 nitrogen and oxygen atoms in total. The Morgan fingerprint density at radius 1 is 1.10 bits per heavy atom.